The maximum atomic E-state index is 11.9. The molecule has 0 spiro atoms. The molecular weight excluding hydrogens is 260 g/mol. The van der Waals surface area contributed by atoms with Crippen LogP contribution in [-0.4, -0.2) is 19.2 Å². The molecule has 2 N–H and O–H groups in total. The molecule has 0 radical (unpaired) electrons. The van der Waals surface area contributed by atoms with Gasteiger partial charge in [-0.3, -0.25) is 10.1 Å². The maximum absolute atomic E-state index is 11.9. The lowest BCUT2D eigenvalue weighted by Crippen LogP contribution is -2.36. The van der Waals surface area contributed by atoms with E-state index in [0.717, 1.165) is 0 Å². The van der Waals surface area contributed by atoms with E-state index in [1.54, 1.807) is 30.5 Å². The fourth-order valence-corrected chi connectivity index (χ4v) is 1.91. The molecule has 1 aromatic carbocycles. The summed E-state index contributed by atoms with van der Waals surface area (Å²) >= 11 is 0. The molecule has 0 unspecified atom stereocenters. The van der Waals surface area contributed by atoms with Gasteiger partial charge in [-0.15, -0.1) is 0 Å². The summed E-state index contributed by atoms with van der Waals surface area (Å²) in [6, 6.07) is 7.97. The Morgan fingerprint density at radius 2 is 2.15 bits per heavy atom. The Labute approximate surface area is 114 Å². The summed E-state index contributed by atoms with van der Waals surface area (Å²) in [7, 11) is 0. The minimum atomic E-state index is -0.553. The van der Waals surface area contributed by atoms with Crippen molar-refractivity contribution in [2.24, 2.45) is 0 Å². The normalized spacial score (nSPS) is 14.5. The van der Waals surface area contributed by atoms with E-state index < -0.39 is 5.97 Å². The van der Waals surface area contributed by atoms with Crippen LogP contribution in [0.3, 0.4) is 0 Å². The lowest BCUT2D eigenvalue weighted by molar-refractivity contribution is -0.131. The number of carbonyl (C=O) groups excluding carboxylic acids is 1. The fraction of sp³-hybridized carbons (Fsp3) is 0.143. The molecule has 102 valence electrons. The van der Waals surface area contributed by atoms with Crippen LogP contribution in [0, 0.1) is 0 Å². The molecule has 3 rings (SSSR count). The van der Waals surface area contributed by atoms with Gasteiger partial charge in [-0.1, -0.05) is 12.1 Å². The predicted octanol–water partition coefficient (Wildman–Crippen LogP) is 0.733. The number of benzene rings is 1. The molecular formula is C14H12N2O4. The number of carbonyl (C=O) groups is 1. The third kappa shape index (κ3) is 2.41. The molecule has 6 heteroatoms. The summed E-state index contributed by atoms with van der Waals surface area (Å²) in [5.74, 6) is -0.659. The van der Waals surface area contributed by atoms with Crippen molar-refractivity contribution in [2.75, 3.05) is 13.2 Å². The first kappa shape index (κ1) is 12.4. The first-order valence-corrected chi connectivity index (χ1v) is 6.12. The summed E-state index contributed by atoms with van der Waals surface area (Å²) in [6.45, 7) is 1.01. The molecule has 0 bridgehead atoms. The number of fused-ring (bicyclic) bond motifs is 1. The average Bonchev–Trinajstić information content (AvgIpc) is 2.48. The maximum Gasteiger partial charge on any atom is 0.344 e. The summed E-state index contributed by atoms with van der Waals surface area (Å²) in [5.41, 5.74) is 0.576. The first-order chi connectivity index (χ1) is 9.74. The summed E-state index contributed by atoms with van der Waals surface area (Å²) in [6.07, 6.45) is 1.58. The van der Waals surface area contributed by atoms with Crippen LogP contribution >= 0.6 is 0 Å². The standard InChI is InChI=1S/C14H12N2O4/c17-11-5-13(19-12-4-2-1-3-10(11)12)20-14(18)9-6-15-8-16-7-9/h1-6,15-16H,7-8H2. The van der Waals surface area contributed by atoms with Crippen LogP contribution in [0.5, 0.6) is 5.95 Å². The molecule has 1 aliphatic heterocycles. The Balaban J connectivity index is 1.89. The topological polar surface area (TPSA) is 80.6 Å². The van der Waals surface area contributed by atoms with Gasteiger partial charge in [-0.05, 0) is 12.1 Å². The zero-order chi connectivity index (χ0) is 13.9. The number of para-hydroxylation sites is 1. The lowest BCUT2D eigenvalue weighted by Gasteiger charge is -2.14. The zero-order valence-electron chi connectivity index (χ0n) is 10.5. The van der Waals surface area contributed by atoms with Crippen molar-refractivity contribution in [1.29, 1.82) is 0 Å². The molecule has 0 saturated heterocycles. The Hall–Kier alpha value is -2.60. The Morgan fingerprint density at radius 1 is 1.30 bits per heavy atom. The van der Waals surface area contributed by atoms with Gasteiger partial charge >= 0.3 is 5.97 Å². The molecule has 0 fully saturated rings. The minimum Gasteiger partial charge on any atom is -0.425 e. The molecule has 0 aliphatic carbocycles. The molecule has 1 aromatic heterocycles. The highest BCUT2D eigenvalue weighted by Crippen LogP contribution is 2.17. The Bertz CT molecular complexity index is 748. The van der Waals surface area contributed by atoms with Crippen molar-refractivity contribution >= 4 is 16.9 Å². The molecule has 2 aromatic rings. The van der Waals surface area contributed by atoms with Crippen molar-refractivity contribution in [3.05, 3.63) is 52.3 Å². The molecule has 1 aliphatic rings. The Morgan fingerprint density at radius 3 is 2.95 bits per heavy atom. The molecule has 2 heterocycles. The molecule has 6 nitrogen and oxygen atoms in total. The highest BCUT2D eigenvalue weighted by atomic mass is 16.6. The van der Waals surface area contributed by atoms with Gasteiger partial charge in [0.15, 0.2) is 5.43 Å². The lowest BCUT2D eigenvalue weighted by atomic mass is 10.2. The SMILES string of the molecule is O=C(Oc1cc(=O)c2ccccc2o1)C1=CNCNC1. The largest absolute Gasteiger partial charge is 0.425 e. The van der Waals surface area contributed by atoms with Crippen LogP contribution in [0.15, 0.2) is 51.3 Å². The van der Waals surface area contributed by atoms with E-state index in [-0.39, 0.29) is 11.4 Å². The molecule has 0 amide bonds. The van der Waals surface area contributed by atoms with Crippen molar-refractivity contribution in [2.45, 2.75) is 0 Å². The fourth-order valence-electron chi connectivity index (χ4n) is 1.91. The predicted molar refractivity (Wildman–Crippen MR) is 72.2 cm³/mol. The smallest absolute Gasteiger partial charge is 0.344 e. The number of esters is 1. The third-order valence-corrected chi connectivity index (χ3v) is 2.89. The van der Waals surface area contributed by atoms with Gasteiger partial charge in [-0.25, -0.2) is 4.79 Å². The second kappa shape index (κ2) is 5.18. The van der Waals surface area contributed by atoms with Crippen LogP contribution < -0.4 is 20.8 Å². The van der Waals surface area contributed by atoms with Crippen molar-refractivity contribution < 1.29 is 13.9 Å². The van der Waals surface area contributed by atoms with Crippen LogP contribution in [0.4, 0.5) is 0 Å². The van der Waals surface area contributed by atoms with Gasteiger partial charge in [-0.2, -0.15) is 0 Å². The third-order valence-electron chi connectivity index (χ3n) is 2.89. The quantitative estimate of drug-likeness (QED) is 0.785. The van der Waals surface area contributed by atoms with Crippen molar-refractivity contribution in [3.63, 3.8) is 0 Å². The van der Waals surface area contributed by atoms with Crippen LogP contribution in [-0.2, 0) is 4.79 Å². The van der Waals surface area contributed by atoms with E-state index in [4.69, 9.17) is 9.15 Å². The highest BCUT2D eigenvalue weighted by Gasteiger charge is 2.16. The monoisotopic (exact) mass is 272 g/mol. The van der Waals surface area contributed by atoms with Gasteiger partial charge in [0.2, 0.25) is 0 Å². The Kier molecular flexibility index (Phi) is 3.22. The van der Waals surface area contributed by atoms with E-state index in [9.17, 15) is 9.59 Å². The summed E-state index contributed by atoms with van der Waals surface area (Å²) in [5, 5.41) is 6.30. The van der Waals surface area contributed by atoms with Crippen molar-refractivity contribution in [3.8, 4) is 5.95 Å². The summed E-state index contributed by atoms with van der Waals surface area (Å²) < 4.78 is 10.5. The van der Waals surface area contributed by atoms with E-state index >= 15 is 0 Å². The molecule has 20 heavy (non-hydrogen) atoms. The van der Waals surface area contributed by atoms with Gasteiger partial charge in [0.05, 0.1) is 23.7 Å². The number of hydrogen-bond donors (Lipinski definition) is 2. The summed E-state index contributed by atoms with van der Waals surface area (Å²) in [4.78, 5) is 23.7. The van der Waals surface area contributed by atoms with Gasteiger partial charge in [0.25, 0.3) is 5.95 Å². The number of hydrogen-bond acceptors (Lipinski definition) is 6. The second-order valence-corrected chi connectivity index (χ2v) is 4.29. The second-order valence-electron chi connectivity index (χ2n) is 4.29. The van der Waals surface area contributed by atoms with Gasteiger partial charge < -0.3 is 14.5 Å². The minimum absolute atomic E-state index is 0.106. The number of ether oxygens (including phenoxy) is 1. The van der Waals surface area contributed by atoms with E-state index in [0.29, 0.717) is 29.8 Å². The van der Waals surface area contributed by atoms with E-state index in [1.807, 2.05) is 0 Å². The number of rotatable bonds is 2. The van der Waals surface area contributed by atoms with E-state index in [1.165, 1.54) is 6.07 Å². The number of nitrogens with one attached hydrogen (secondary N) is 2. The molecule has 0 saturated carbocycles. The average molecular weight is 272 g/mol. The van der Waals surface area contributed by atoms with Crippen LogP contribution in [0.1, 0.15) is 0 Å². The van der Waals surface area contributed by atoms with Crippen molar-refractivity contribution in [1.82, 2.24) is 10.6 Å². The van der Waals surface area contributed by atoms with Gasteiger partial charge in [0.1, 0.15) is 5.58 Å². The van der Waals surface area contributed by atoms with Crippen LogP contribution in [0.25, 0.3) is 11.0 Å². The van der Waals surface area contributed by atoms with Gasteiger partial charge in [0, 0.05) is 12.7 Å². The molecule has 0 atom stereocenters. The van der Waals surface area contributed by atoms with E-state index in [2.05, 4.69) is 10.6 Å². The zero-order valence-corrected chi connectivity index (χ0v) is 10.5. The van der Waals surface area contributed by atoms with Crippen LogP contribution in [0.2, 0.25) is 0 Å². The first-order valence-electron chi connectivity index (χ1n) is 6.12. The highest BCUT2D eigenvalue weighted by molar-refractivity contribution is 5.90.